The molecule has 39 heavy (non-hydrogen) atoms. The molecule has 0 fully saturated rings. The lowest BCUT2D eigenvalue weighted by Gasteiger charge is -2.16. The molecule has 0 saturated carbocycles. The number of nitro groups is 1. The fourth-order valence-electron chi connectivity index (χ4n) is 3.05. The first-order valence-corrected chi connectivity index (χ1v) is 11.4. The van der Waals surface area contributed by atoms with Gasteiger partial charge in [-0.15, -0.1) is 0 Å². The molecular weight excluding hydrogens is 516 g/mol. The Morgan fingerprint density at radius 1 is 1.08 bits per heavy atom. The quantitative estimate of drug-likeness (QED) is 0.119. The minimum atomic E-state index is -1.54. The van der Waals surface area contributed by atoms with Crippen LogP contribution in [0.4, 0.5) is 16.4 Å². The number of ether oxygens (including phenoxy) is 2. The summed E-state index contributed by atoms with van der Waals surface area (Å²) in [4.78, 5) is 54.1. The van der Waals surface area contributed by atoms with Crippen molar-refractivity contribution < 1.29 is 39.0 Å². The van der Waals surface area contributed by atoms with E-state index in [1.165, 1.54) is 42.5 Å². The van der Waals surface area contributed by atoms with Crippen LogP contribution in [0.3, 0.4) is 0 Å². The molecule has 0 unspecified atom stereocenters. The molecular formula is C24H24N6O9. The molecule has 0 saturated heterocycles. The Labute approximate surface area is 221 Å². The van der Waals surface area contributed by atoms with Gasteiger partial charge in [-0.2, -0.15) is 0 Å². The molecule has 2 aromatic carbocycles. The number of hydrogen-bond donors (Lipinski definition) is 5. The van der Waals surface area contributed by atoms with Gasteiger partial charge in [-0.1, -0.05) is 0 Å². The second-order valence-electron chi connectivity index (χ2n) is 7.77. The first kappa shape index (κ1) is 28.1. The number of phenols is 1. The number of aromatic hydroxyl groups is 1. The lowest BCUT2D eigenvalue weighted by atomic mass is 10.1. The number of hydrogen-bond acceptors (Lipinski definition) is 11. The zero-order valence-corrected chi connectivity index (χ0v) is 20.3. The SMILES string of the molecule is O=C(N[C@@H](CNC(=O)c1ccc(OCCNc2ncccn2)cc1O)C(=O)O)OCc1ccc([N+](=O)[O-])cc1. The number of carboxylic acids is 1. The summed E-state index contributed by atoms with van der Waals surface area (Å²) in [5.41, 5.74) is 0.174. The molecule has 1 atom stereocenters. The van der Waals surface area contributed by atoms with Crippen molar-refractivity contribution in [1.82, 2.24) is 20.6 Å². The van der Waals surface area contributed by atoms with Crippen molar-refractivity contribution in [1.29, 1.82) is 0 Å². The van der Waals surface area contributed by atoms with Crippen molar-refractivity contribution in [3.05, 3.63) is 82.2 Å². The molecule has 15 heteroatoms. The van der Waals surface area contributed by atoms with Crippen molar-refractivity contribution in [3.8, 4) is 11.5 Å². The van der Waals surface area contributed by atoms with Gasteiger partial charge in [0.25, 0.3) is 11.6 Å². The minimum Gasteiger partial charge on any atom is -0.507 e. The molecule has 204 valence electrons. The summed E-state index contributed by atoms with van der Waals surface area (Å²) in [6.45, 7) is -0.172. The van der Waals surface area contributed by atoms with E-state index in [-0.39, 0.29) is 24.5 Å². The summed E-state index contributed by atoms with van der Waals surface area (Å²) >= 11 is 0. The first-order chi connectivity index (χ1) is 18.7. The molecule has 5 N–H and O–H groups in total. The maximum absolute atomic E-state index is 12.5. The Hall–Kier alpha value is -5.47. The van der Waals surface area contributed by atoms with Gasteiger partial charge >= 0.3 is 12.1 Å². The van der Waals surface area contributed by atoms with Crippen LogP contribution in [0.2, 0.25) is 0 Å². The summed E-state index contributed by atoms with van der Waals surface area (Å²) in [6.07, 6.45) is 2.10. The molecule has 0 aliphatic rings. The number of alkyl carbamates (subject to hydrolysis) is 1. The number of anilines is 1. The summed E-state index contributed by atoms with van der Waals surface area (Å²) in [7, 11) is 0. The molecule has 0 aliphatic heterocycles. The molecule has 15 nitrogen and oxygen atoms in total. The van der Waals surface area contributed by atoms with Gasteiger partial charge in [-0.3, -0.25) is 14.9 Å². The highest BCUT2D eigenvalue weighted by Crippen LogP contribution is 2.23. The molecule has 0 bridgehead atoms. The summed E-state index contributed by atoms with van der Waals surface area (Å²) < 4.78 is 10.4. The van der Waals surface area contributed by atoms with Crippen LogP contribution in [0.25, 0.3) is 0 Å². The molecule has 0 radical (unpaired) electrons. The van der Waals surface area contributed by atoms with Crippen molar-refractivity contribution in [3.63, 3.8) is 0 Å². The van der Waals surface area contributed by atoms with Crippen LogP contribution < -0.4 is 20.7 Å². The summed E-state index contributed by atoms with van der Waals surface area (Å²) in [5, 5.41) is 37.7. The van der Waals surface area contributed by atoms with E-state index >= 15 is 0 Å². The number of nitro benzene ring substituents is 1. The fraction of sp³-hybridized carbons (Fsp3) is 0.208. The number of aromatic nitrogens is 2. The zero-order valence-electron chi connectivity index (χ0n) is 20.3. The van der Waals surface area contributed by atoms with Crippen LogP contribution in [-0.4, -0.2) is 68.8 Å². The number of nitrogens with one attached hydrogen (secondary N) is 3. The smallest absolute Gasteiger partial charge is 0.408 e. The number of carbonyl (C=O) groups excluding carboxylic acids is 2. The molecule has 0 spiro atoms. The first-order valence-electron chi connectivity index (χ1n) is 11.4. The van der Waals surface area contributed by atoms with Gasteiger partial charge in [0.1, 0.15) is 30.8 Å². The monoisotopic (exact) mass is 540 g/mol. The molecule has 0 aliphatic carbocycles. The van der Waals surface area contributed by atoms with Crippen LogP contribution in [0.15, 0.2) is 60.9 Å². The van der Waals surface area contributed by atoms with E-state index in [4.69, 9.17) is 9.47 Å². The molecule has 3 aromatic rings. The highest BCUT2D eigenvalue weighted by Gasteiger charge is 2.23. The van der Waals surface area contributed by atoms with E-state index < -0.39 is 41.2 Å². The number of non-ortho nitro benzene ring substituents is 1. The Morgan fingerprint density at radius 3 is 2.44 bits per heavy atom. The zero-order chi connectivity index (χ0) is 28.2. The number of aliphatic carboxylic acids is 1. The Balaban J connectivity index is 1.45. The Kier molecular flexibility index (Phi) is 9.90. The molecule has 3 rings (SSSR count). The number of carboxylic acid groups (broad SMARTS) is 1. The number of carbonyl (C=O) groups is 3. The lowest BCUT2D eigenvalue weighted by molar-refractivity contribution is -0.384. The minimum absolute atomic E-state index is 0.134. The van der Waals surface area contributed by atoms with Crippen LogP contribution in [0, 0.1) is 10.1 Å². The standard InChI is InChI=1S/C24H24N6O9/c31-20-12-17(38-11-10-27-23-25-8-1-9-26-23)6-7-18(20)21(32)28-13-19(22(33)34)29-24(35)39-14-15-2-4-16(5-3-15)30(36)37/h1-9,12,19,31H,10-11,13-14H2,(H,28,32)(H,29,35)(H,33,34)(H,25,26,27)/t19-/m0/s1. The normalized spacial score (nSPS) is 11.1. The van der Waals surface area contributed by atoms with Crippen LogP contribution in [0.5, 0.6) is 11.5 Å². The van der Waals surface area contributed by atoms with E-state index in [9.17, 15) is 34.7 Å². The second kappa shape index (κ2) is 13.7. The van der Waals surface area contributed by atoms with Crippen LogP contribution in [-0.2, 0) is 16.1 Å². The van der Waals surface area contributed by atoms with Gasteiger partial charge in [0.2, 0.25) is 5.95 Å². The van der Waals surface area contributed by atoms with Gasteiger partial charge in [0.05, 0.1) is 17.0 Å². The van der Waals surface area contributed by atoms with E-state index in [1.54, 1.807) is 18.5 Å². The second-order valence-corrected chi connectivity index (χ2v) is 7.77. The van der Waals surface area contributed by atoms with Gasteiger partial charge in [-0.05, 0) is 35.9 Å². The van der Waals surface area contributed by atoms with E-state index in [1.807, 2.05) is 0 Å². The highest BCUT2D eigenvalue weighted by atomic mass is 16.6. The van der Waals surface area contributed by atoms with Gasteiger partial charge in [0, 0.05) is 37.1 Å². The molecule has 2 amide bonds. The van der Waals surface area contributed by atoms with Crippen LogP contribution in [0.1, 0.15) is 15.9 Å². The number of rotatable bonds is 13. The number of benzene rings is 2. The predicted octanol–water partition coefficient (Wildman–Crippen LogP) is 1.69. The summed E-state index contributed by atoms with van der Waals surface area (Å²) in [6, 6.07) is 9.38. The highest BCUT2D eigenvalue weighted by molar-refractivity contribution is 5.97. The topological polar surface area (TPSA) is 215 Å². The van der Waals surface area contributed by atoms with E-state index in [0.29, 0.717) is 23.8 Å². The van der Waals surface area contributed by atoms with Crippen molar-refractivity contribution in [2.24, 2.45) is 0 Å². The van der Waals surface area contributed by atoms with Gasteiger partial charge in [-0.25, -0.2) is 19.6 Å². The summed E-state index contributed by atoms with van der Waals surface area (Å²) in [5.74, 6) is -1.89. The van der Waals surface area contributed by atoms with Crippen LogP contribution >= 0.6 is 0 Å². The average Bonchev–Trinajstić information content (AvgIpc) is 2.92. The molecule has 1 aromatic heterocycles. The van der Waals surface area contributed by atoms with E-state index in [0.717, 1.165) is 0 Å². The third-order valence-corrected chi connectivity index (χ3v) is 5.01. The number of amides is 2. The third kappa shape index (κ3) is 8.85. The molecule has 1 heterocycles. The third-order valence-electron chi connectivity index (χ3n) is 5.01. The maximum Gasteiger partial charge on any atom is 0.408 e. The van der Waals surface area contributed by atoms with Crippen molar-refractivity contribution in [2.75, 3.05) is 25.0 Å². The lowest BCUT2D eigenvalue weighted by Crippen LogP contribution is -2.48. The number of nitrogens with zero attached hydrogens (tertiary/aromatic N) is 3. The average molecular weight is 540 g/mol. The van der Waals surface area contributed by atoms with Crippen molar-refractivity contribution >= 4 is 29.6 Å². The number of phenolic OH excluding ortho intramolecular Hbond substituents is 1. The fourth-order valence-corrected chi connectivity index (χ4v) is 3.05. The van der Waals surface area contributed by atoms with E-state index in [2.05, 4.69) is 25.9 Å². The van der Waals surface area contributed by atoms with Gasteiger partial charge < -0.3 is 35.6 Å². The van der Waals surface area contributed by atoms with Gasteiger partial charge in [0.15, 0.2) is 0 Å². The largest absolute Gasteiger partial charge is 0.507 e. The maximum atomic E-state index is 12.5. The Bertz CT molecular complexity index is 1310. The van der Waals surface area contributed by atoms with Crippen molar-refractivity contribution in [2.45, 2.75) is 12.6 Å². The predicted molar refractivity (Wildman–Crippen MR) is 134 cm³/mol. The Morgan fingerprint density at radius 2 is 1.79 bits per heavy atom.